The minimum Gasteiger partial charge on any atom is -0.465 e. The van der Waals surface area contributed by atoms with Crippen LogP contribution in [0.15, 0.2) is 71.7 Å². The number of benzene rings is 2. The Hall–Kier alpha value is -3.40. The number of nitrogens with one attached hydrogen (secondary N) is 1. The van der Waals surface area contributed by atoms with Crippen molar-refractivity contribution in [2.45, 2.75) is 18.6 Å². The summed E-state index contributed by atoms with van der Waals surface area (Å²) in [7, 11) is 1.31. The molecule has 0 saturated heterocycles. The quantitative estimate of drug-likeness (QED) is 0.152. The molecule has 1 N–H and O–H groups in total. The zero-order valence-electron chi connectivity index (χ0n) is 19.7. The Morgan fingerprint density at radius 1 is 1.14 bits per heavy atom. The highest BCUT2D eigenvalue weighted by atomic mass is 35.5. The molecule has 0 unspecified atom stereocenters. The second-order valence-electron chi connectivity index (χ2n) is 7.76. The monoisotopic (exact) mass is 538 g/mol. The van der Waals surface area contributed by atoms with Gasteiger partial charge in [-0.3, -0.25) is 9.36 Å². The van der Waals surface area contributed by atoms with Crippen molar-refractivity contribution in [3.63, 3.8) is 0 Å². The van der Waals surface area contributed by atoms with Crippen LogP contribution in [0.3, 0.4) is 0 Å². The number of carbonyl (C=O) groups excluding carboxylic acids is 2. The molecule has 36 heavy (non-hydrogen) atoms. The number of hydrogen-bond acceptors (Lipinski definition) is 7. The number of aryl methyl sites for hydroxylation is 1. The standard InChI is InChI=1S/C26H23ClN4O3S2/c1-4-13-31-23(18-7-5-16(2)6-8-18)29-30-26(31)36-15-21(32)28-24-22(25(33)34-3)20(14-35-24)17-9-11-19(27)12-10-17/h4-12,14H,1,13,15H2,2-3H3,(H,28,32). The lowest BCUT2D eigenvalue weighted by Crippen LogP contribution is -2.16. The van der Waals surface area contributed by atoms with Crippen LogP contribution in [0.2, 0.25) is 5.02 Å². The molecule has 10 heteroatoms. The lowest BCUT2D eigenvalue weighted by Gasteiger charge is -2.09. The average molecular weight is 539 g/mol. The Morgan fingerprint density at radius 2 is 1.83 bits per heavy atom. The van der Waals surface area contributed by atoms with Crippen molar-refractivity contribution in [3.8, 4) is 22.5 Å². The number of carbonyl (C=O) groups is 2. The smallest absolute Gasteiger partial charge is 0.341 e. The van der Waals surface area contributed by atoms with Crippen LogP contribution >= 0.6 is 34.7 Å². The van der Waals surface area contributed by atoms with Crippen molar-refractivity contribution in [2.75, 3.05) is 18.2 Å². The Kier molecular flexibility index (Phi) is 8.25. The number of rotatable bonds is 9. The highest BCUT2D eigenvalue weighted by molar-refractivity contribution is 7.99. The molecule has 2 aromatic carbocycles. The zero-order valence-corrected chi connectivity index (χ0v) is 22.0. The molecule has 2 heterocycles. The Morgan fingerprint density at radius 3 is 2.50 bits per heavy atom. The van der Waals surface area contributed by atoms with Crippen molar-refractivity contribution >= 4 is 51.6 Å². The molecule has 0 aliphatic carbocycles. The molecule has 7 nitrogen and oxygen atoms in total. The number of methoxy groups -OCH3 is 1. The fourth-order valence-corrected chi connectivity index (χ4v) is 5.34. The van der Waals surface area contributed by atoms with Crippen LogP contribution in [0.4, 0.5) is 5.00 Å². The molecular formula is C26H23ClN4O3S2. The molecule has 0 fully saturated rings. The fourth-order valence-electron chi connectivity index (χ4n) is 3.49. The van der Waals surface area contributed by atoms with Gasteiger partial charge in [0.15, 0.2) is 11.0 Å². The van der Waals surface area contributed by atoms with Crippen molar-refractivity contribution in [3.05, 3.63) is 82.7 Å². The SMILES string of the molecule is C=CCn1c(SCC(=O)Nc2scc(-c3ccc(Cl)cc3)c2C(=O)OC)nnc1-c1ccc(C)cc1. The van der Waals surface area contributed by atoms with Crippen LogP contribution in [0.25, 0.3) is 22.5 Å². The molecule has 0 aliphatic rings. The van der Waals surface area contributed by atoms with Crippen molar-refractivity contribution in [1.82, 2.24) is 14.8 Å². The number of halogens is 1. The van der Waals surface area contributed by atoms with Gasteiger partial charge in [-0.1, -0.05) is 71.4 Å². The molecule has 0 saturated carbocycles. The summed E-state index contributed by atoms with van der Waals surface area (Å²) in [6, 6.07) is 15.1. The third-order valence-electron chi connectivity index (χ3n) is 5.26. The summed E-state index contributed by atoms with van der Waals surface area (Å²) >= 11 is 8.52. The number of thiophene rings is 1. The van der Waals surface area contributed by atoms with Crippen LogP contribution in [0.1, 0.15) is 15.9 Å². The number of anilines is 1. The van der Waals surface area contributed by atoms with E-state index in [1.165, 1.54) is 30.2 Å². The Labute approximate surface area is 222 Å². The number of amides is 1. The van der Waals surface area contributed by atoms with Gasteiger partial charge < -0.3 is 10.1 Å². The number of esters is 1. The summed E-state index contributed by atoms with van der Waals surface area (Å²) in [5.74, 6) is -0.0215. The van der Waals surface area contributed by atoms with Gasteiger partial charge in [-0.15, -0.1) is 28.1 Å². The maximum Gasteiger partial charge on any atom is 0.341 e. The van der Waals surface area contributed by atoms with E-state index in [1.54, 1.807) is 18.2 Å². The van der Waals surface area contributed by atoms with Gasteiger partial charge in [-0.05, 0) is 24.6 Å². The molecule has 0 aliphatic heterocycles. The third-order valence-corrected chi connectivity index (χ3v) is 7.37. The van der Waals surface area contributed by atoms with Gasteiger partial charge in [0, 0.05) is 28.1 Å². The summed E-state index contributed by atoms with van der Waals surface area (Å²) < 4.78 is 6.90. The highest BCUT2D eigenvalue weighted by Crippen LogP contribution is 2.37. The predicted octanol–water partition coefficient (Wildman–Crippen LogP) is 6.34. The first-order valence-corrected chi connectivity index (χ1v) is 13.1. The first-order chi connectivity index (χ1) is 17.4. The number of thioether (sulfide) groups is 1. The summed E-state index contributed by atoms with van der Waals surface area (Å²) in [6.45, 7) is 6.35. The van der Waals surface area contributed by atoms with Crippen molar-refractivity contribution in [2.24, 2.45) is 0 Å². The lowest BCUT2D eigenvalue weighted by molar-refractivity contribution is -0.113. The largest absolute Gasteiger partial charge is 0.465 e. The third kappa shape index (κ3) is 5.70. The Balaban J connectivity index is 1.52. The van der Waals surface area contributed by atoms with E-state index in [0.29, 0.717) is 38.7 Å². The molecule has 4 rings (SSSR count). The van der Waals surface area contributed by atoms with E-state index < -0.39 is 5.97 Å². The molecule has 2 aromatic heterocycles. The van der Waals surface area contributed by atoms with Gasteiger partial charge in [-0.25, -0.2) is 4.79 Å². The minimum absolute atomic E-state index is 0.0813. The summed E-state index contributed by atoms with van der Waals surface area (Å²) in [5.41, 5.74) is 3.85. The first kappa shape index (κ1) is 25.7. The number of nitrogens with zero attached hydrogens (tertiary/aromatic N) is 3. The topological polar surface area (TPSA) is 86.1 Å². The molecule has 184 valence electrons. The maximum atomic E-state index is 12.9. The maximum absolute atomic E-state index is 12.9. The lowest BCUT2D eigenvalue weighted by atomic mass is 10.0. The van der Waals surface area contributed by atoms with Crippen LogP contribution < -0.4 is 5.32 Å². The van der Waals surface area contributed by atoms with Crippen molar-refractivity contribution < 1.29 is 14.3 Å². The van der Waals surface area contributed by atoms with E-state index in [1.807, 2.05) is 53.3 Å². The molecule has 0 atom stereocenters. The highest BCUT2D eigenvalue weighted by Gasteiger charge is 2.23. The summed E-state index contributed by atoms with van der Waals surface area (Å²) in [4.78, 5) is 25.4. The van der Waals surface area contributed by atoms with E-state index in [-0.39, 0.29) is 11.7 Å². The molecule has 0 bridgehead atoms. The summed E-state index contributed by atoms with van der Waals surface area (Å²) in [5, 5.41) is 14.9. The molecule has 0 spiro atoms. The number of aromatic nitrogens is 3. The van der Waals surface area contributed by atoms with Gasteiger partial charge in [0.25, 0.3) is 0 Å². The van der Waals surface area contributed by atoms with Gasteiger partial charge >= 0.3 is 5.97 Å². The molecule has 4 aromatic rings. The second-order valence-corrected chi connectivity index (χ2v) is 10.0. The van der Waals surface area contributed by atoms with Gasteiger partial charge in [0.1, 0.15) is 10.6 Å². The molecule has 1 amide bonds. The number of allylic oxidation sites excluding steroid dienone is 1. The Bertz CT molecular complexity index is 1400. The minimum atomic E-state index is -0.530. The van der Waals surface area contributed by atoms with E-state index in [4.69, 9.17) is 16.3 Å². The normalized spacial score (nSPS) is 10.8. The van der Waals surface area contributed by atoms with E-state index in [0.717, 1.165) is 16.7 Å². The van der Waals surface area contributed by atoms with Crippen LogP contribution in [0.5, 0.6) is 0 Å². The fraction of sp³-hybridized carbons (Fsp3) is 0.154. The number of hydrogen-bond donors (Lipinski definition) is 1. The molecular weight excluding hydrogens is 516 g/mol. The first-order valence-electron chi connectivity index (χ1n) is 10.9. The van der Waals surface area contributed by atoms with E-state index in [2.05, 4.69) is 22.1 Å². The van der Waals surface area contributed by atoms with Crippen molar-refractivity contribution in [1.29, 1.82) is 0 Å². The predicted molar refractivity (Wildman–Crippen MR) is 146 cm³/mol. The zero-order chi connectivity index (χ0) is 25.7. The second kappa shape index (κ2) is 11.6. The summed E-state index contributed by atoms with van der Waals surface area (Å²) in [6.07, 6.45) is 1.76. The van der Waals surface area contributed by atoms with Crippen LogP contribution in [0, 0.1) is 6.92 Å². The van der Waals surface area contributed by atoms with E-state index >= 15 is 0 Å². The van der Waals surface area contributed by atoms with Crippen LogP contribution in [-0.4, -0.2) is 39.5 Å². The number of ether oxygens (including phenoxy) is 1. The van der Waals surface area contributed by atoms with Crippen LogP contribution in [-0.2, 0) is 16.1 Å². The van der Waals surface area contributed by atoms with Gasteiger partial charge in [0.2, 0.25) is 5.91 Å². The van der Waals surface area contributed by atoms with Gasteiger partial charge in [-0.2, -0.15) is 0 Å². The average Bonchev–Trinajstić information content (AvgIpc) is 3.48. The van der Waals surface area contributed by atoms with E-state index in [9.17, 15) is 9.59 Å². The molecule has 0 radical (unpaired) electrons. The van der Waals surface area contributed by atoms with Gasteiger partial charge in [0.05, 0.1) is 12.9 Å².